The first-order valence-corrected chi connectivity index (χ1v) is 6.13. The monoisotopic (exact) mass is 248 g/mol. The van der Waals surface area contributed by atoms with Crippen molar-refractivity contribution >= 4 is 11.2 Å². The van der Waals surface area contributed by atoms with Crippen LogP contribution in [0.15, 0.2) is 21.5 Å². The minimum absolute atomic E-state index is 0.181. The van der Waals surface area contributed by atoms with Gasteiger partial charge in [0.1, 0.15) is 5.52 Å². The molecule has 2 N–H and O–H groups in total. The molecule has 2 aromatic heterocycles. The Balaban J connectivity index is 2.07. The molecular formula is C12H16N4O2. The van der Waals surface area contributed by atoms with Crippen molar-refractivity contribution in [3.05, 3.63) is 28.4 Å². The molecule has 0 aliphatic carbocycles. The van der Waals surface area contributed by atoms with E-state index in [1.807, 2.05) is 11.1 Å². The lowest BCUT2D eigenvalue weighted by atomic mass is 9.98. The summed E-state index contributed by atoms with van der Waals surface area (Å²) in [6.07, 6.45) is 5.07. The molecule has 1 fully saturated rings. The van der Waals surface area contributed by atoms with Crippen LogP contribution < -0.4 is 11.6 Å². The Labute approximate surface area is 104 Å². The highest BCUT2D eigenvalue weighted by molar-refractivity contribution is 5.69. The number of nitrogens with two attached hydrogens (primary N) is 1. The molecule has 1 aliphatic rings. The second-order valence-electron chi connectivity index (χ2n) is 4.77. The van der Waals surface area contributed by atoms with Crippen LogP contribution in [0.25, 0.3) is 11.2 Å². The minimum atomic E-state index is -0.386. The fourth-order valence-corrected chi connectivity index (χ4v) is 2.52. The summed E-state index contributed by atoms with van der Waals surface area (Å²) in [6.45, 7) is 0.896. The van der Waals surface area contributed by atoms with Crippen LogP contribution in [0.4, 0.5) is 0 Å². The summed E-state index contributed by atoms with van der Waals surface area (Å²) in [7, 11) is 1.68. The number of aryl methyl sites for hydroxylation is 1. The van der Waals surface area contributed by atoms with E-state index in [-0.39, 0.29) is 11.8 Å². The van der Waals surface area contributed by atoms with Crippen LogP contribution in [-0.2, 0) is 7.05 Å². The van der Waals surface area contributed by atoms with Gasteiger partial charge in [0.05, 0.1) is 6.04 Å². The number of pyridine rings is 1. The Bertz CT molecular complexity index is 631. The maximum Gasteiger partial charge on any atom is 0.421 e. The quantitative estimate of drug-likeness (QED) is 0.759. The lowest BCUT2D eigenvalue weighted by Gasteiger charge is -2.31. The highest BCUT2D eigenvalue weighted by atomic mass is 16.4. The van der Waals surface area contributed by atoms with Crippen molar-refractivity contribution < 1.29 is 4.42 Å². The Morgan fingerprint density at radius 2 is 2.33 bits per heavy atom. The van der Waals surface area contributed by atoms with Crippen molar-refractivity contribution in [2.75, 3.05) is 6.54 Å². The lowest BCUT2D eigenvalue weighted by molar-refractivity contribution is 0.151. The number of hydrazine groups is 1. The first-order chi connectivity index (χ1) is 8.66. The van der Waals surface area contributed by atoms with Gasteiger partial charge in [0.2, 0.25) is 5.71 Å². The van der Waals surface area contributed by atoms with E-state index in [1.165, 1.54) is 11.0 Å². The third-order valence-corrected chi connectivity index (χ3v) is 3.60. The third kappa shape index (κ3) is 1.74. The molecule has 0 spiro atoms. The molecule has 0 amide bonds. The maximum atomic E-state index is 11.4. The van der Waals surface area contributed by atoms with Gasteiger partial charge in [-0.05, 0) is 24.5 Å². The van der Waals surface area contributed by atoms with E-state index in [1.54, 1.807) is 13.2 Å². The number of aromatic nitrogens is 2. The molecule has 6 nitrogen and oxygen atoms in total. The summed E-state index contributed by atoms with van der Waals surface area (Å²) in [6, 6.07) is 2.13. The molecule has 1 saturated heterocycles. The van der Waals surface area contributed by atoms with Gasteiger partial charge in [0.15, 0.2) is 0 Å². The fraction of sp³-hybridized carbons (Fsp3) is 0.500. The summed E-state index contributed by atoms with van der Waals surface area (Å²) in [4.78, 5) is 15.6. The molecule has 0 saturated carbocycles. The maximum absolute atomic E-state index is 11.4. The van der Waals surface area contributed by atoms with Gasteiger partial charge >= 0.3 is 5.76 Å². The second-order valence-corrected chi connectivity index (χ2v) is 4.77. The van der Waals surface area contributed by atoms with Crippen molar-refractivity contribution in [1.82, 2.24) is 14.6 Å². The normalized spacial score (nSPS) is 21.6. The van der Waals surface area contributed by atoms with Crippen molar-refractivity contribution in [1.29, 1.82) is 0 Å². The number of oxazole rings is 1. The predicted octanol–water partition coefficient (Wildman–Crippen LogP) is 0.927. The molecule has 18 heavy (non-hydrogen) atoms. The smallest absolute Gasteiger partial charge is 0.389 e. The summed E-state index contributed by atoms with van der Waals surface area (Å²) in [5.41, 5.74) is 2.14. The largest absolute Gasteiger partial charge is 0.421 e. The van der Waals surface area contributed by atoms with E-state index < -0.39 is 0 Å². The third-order valence-electron chi connectivity index (χ3n) is 3.60. The summed E-state index contributed by atoms with van der Waals surface area (Å²) in [5, 5.41) is 1.85. The first kappa shape index (κ1) is 11.4. The highest BCUT2D eigenvalue weighted by Crippen LogP contribution is 2.29. The number of hydrogen-bond acceptors (Lipinski definition) is 5. The second kappa shape index (κ2) is 4.22. The molecule has 3 heterocycles. The number of piperidine rings is 1. The van der Waals surface area contributed by atoms with Crippen LogP contribution in [-0.4, -0.2) is 21.1 Å². The van der Waals surface area contributed by atoms with Crippen LogP contribution in [0.1, 0.15) is 30.9 Å². The van der Waals surface area contributed by atoms with E-state index in [4.69, 9.17) is 10.3 Å². The molecule has 96 valence electrons. The topological polar surface area (TPSA) is 77.3 Å². The van der Waals surface area contributed by atoms with Gasteiger partial charge in [0.25, 0.3) is 0 Å². The van der Waals surface area contributed by atoms with Gasteiger partial charge in [-0.25, -0.2) is 14.8 Å². The molecule has 0 bridgehead atoms. The molecule has 0 aromatic carbocycles. The molecule has 2 aromatic rings. The average Bonchev–Trinajstić information content (AvgIpc) is 2.66. The summed E-state index contributed by atoms with van der Waals surface area (Å²) < 4.78 is 6.49. The Hall–Kier alpha value is -1.66. The van der Waals surface area contributed by atoms with Crippen LogP contribution in [0.2, 0.25) is 0 Å². The van der Waals surface area contributed by atoms with Crippen LogP contribution in [0.5, 0.6) is 0 Å². The van der Waals surface area contributed by atoms with Crippen LogP contribution in [0, 0.1) is 0 Å². The first-order valence-electron chi connectivity index (χ1n) is 6.13. The van der Waals surface area contributed by atoms with Gasteiger partial charge in [-0.3, -0.25) is 10.4 Å². The molecule has 1 aliphatic heterocycles. The van der Waals surface area contributed by atoms with Gasteiger partial charge in [-0.1, -0.05) is 6.42 Å². The van der Waals surface area contributed by atoms with E-state index in [0.29, 0.717) is 5.71 Å². The van der Waals surface area contributed by atoms with Gasteiger partial charge in [-0.15, -0.1) is 0 Å². The minimum Gasteiger partial charge on any atom is -0.389 e. The van der Waals surface area contributed by atoms with E-state index in [2.05, 4.69) is 4.98 Å². The van der Waals surface area contributed by atoms with Gasteiger partial charge < -0.3 is 4.42 Å². The van der Waals surface area contributed by atoms with Crippen molar-refractivity contribution in [2.45, 2.75) is 25.3 Å². The zero-order chi connectivity index (χ0) is 12.7. The Morgan fingerprint density at radius 1 is 1.50 bits per heavy atom. The highest BCUT2D eigenvalue weighted by Gasteiger charge is 2.22. The molecule has 1 unspecified atom stereocenters. The zero-order valence-electron chi connectivity index (χ0n) is 10.3. The van der Waals surface area contributed by atoms with Crippen LogP contribution >= 0.6 is 0 Å². The number of hydrogen-bond donors (Lipinski definition) is 1. The van der Waals surface area contributed by atoms with Gasteiger partial charge in [0, 0.05) is 19.8 Å². The summed E-state index contributed by atoms with van der Waals surface area (Å²) >= 11 is 0. The molecular weight excluding hydrogens is 232 g/mol. The molecule has 3 rings (SSSR count). The van der Waals surface area contributed by atoms with Gasteiger partial charge in [-0.2, -0.15) is 0 Å². The molecule has 6 heteroatoms. The zero-order valence-corrected chi connectivity index (χ0v) is 10.3. The Kier molecular flexibility index (Phi) is 2.68. The van der Waals surface area contributed by atoms with Crippen LogP contribution in [0.3, 0.4) is 0 Å². The van der Waals surface area contributed by atoms with Crippen molar-refractivity contribution in [3.8, 4) is 0 Å². The summed E-state index contributed by atoms with van der Waals surface area (Å²) in [5.74, 6) is 5.63. The van der Waals surface area contributed by atoms with Crippen molar-refractivity contribution in [2.24, 2.45) is 12.9 Å². The number of fused-ring (bicyclic) bond motifs is 1. The van der Waals surface area contributed by atoms with Crippen molar-refractivity contribution in [3.63, 3.8) is 0 Å². The number of nitrogens with zero attached hydrogens (tertiary/aromatic N) is 3. The number of rotatable bonds is 1. The molecule has 1 atom stereocenters. The van der Waals surface area contributed by atoms with E-state index >= 15 is 0 Å². The standard InChI is InChI=1S/C12H16N4O2/c1-15-10-6-8(7-14-11(10)18-12(15)17)9-4-2-3-5-16(9)13/h6-7,9H,2-5,13H2,1H3. The Morgan fingerprint density at radius 3 is 3.11 bits per heavy atom. The lowest BCUT2D eigenvalue weighted by Crippen LogP contribution is -2.38. The average molecular weight is 248 g/mol. The SMILES string of the molecule is Cn1c(=O)oc2ncc(C3CCCCN3N)cc21. The van der Waals surface area contributed by atoms with E-state index in [0.717, 1.165) is 30.5 Å². The fourth-order valence-electron chi connectivity index (χ4n) is 2.52. The van der Waals surface area contributed by atoms with E-state index in [9.17, 15) is 4.79 Å². The molecule has 0 radical (unpaired) electrons. The predicted molar refractivity (Wildman–Crippen MR) is 66.7 cm³/mol.